The Morgan fingerprint density at radius 3 is 1.39 bits per heavy atom. The van der Waals surface area contributed by atoms with E-state index in [4.69, 9.17) is 27.2 Å². The van der Waals surface area contributed by atoms with Crippen LogP contribution < -0.4 is 0 Å². The minimum atomic E-state index is -5.42. The number of alkyl halides is 1. The summed E-state index contributed by atoms with van der Waals surface area (Å²) in [5, 5.41) is 0. The lowest BCUT2D eigenvalue weighted by molar-refractivity contribution is -0.161. The van der Waals surface area contributed by atoms with Crippen molar-refractivity contribution in [3.63, 3.8) is 0 Å². The number of benzene rings is 6. The number of rotatable bonds is 10. The molecular weight excluding hydrogens is 1030 g/mol. The van der Waals surface area contributed by atoms with Gasteiger partial charge in [-0.25, -0.2) is 26.0 Å². The third-order valence-electron chi connectivity index (χ3n) is 13.9. The minimum Gasteiger partial charge on any atom is -0.748 e. The van der Waals surface area contributed by atoms with Gasteiger partial charge in [-0.1, -0.05) is 123 Å². The van der Waals surface area contributed by atoms with Gasteiger partial charge in [-0.15, -0.1) is 3.89 Å². The first kappa shape index (κ1) is 56.0. The maximum atomic E-state index is 12.0. The van der Waals surface area contributed by atoms with Crippen LogP contribution in [-0.2, 0) is 71.0 Å². The molecule has 0 spiro atoms. The number of ether oxygens (including phenoxy) is 3. The Kier molecular flexibility index (Phi) is 18.4. The maximum absolute atomic E-state index is 12.0. The van der Waals surface area contributed by atoms with Crippen molar-refractivity contribution in [3.8, 4) is 0 Å². The number of Topliss-reactive ketones (excluding diaryl/α,β-unsaturated/α-hetero) is 1. The molecular formula is C56H56F2O12S4. The zero-order valence-electron chi connectivity index (χ0n) is 40.7. The lowest BCUT2D eigenvalue weighted by Gasteiger charge is -2.37. The standard InChI is InChI=1S/C19H17S.C18H15S.C10H16O4S.C9H9FO5.FHO3S/c1-16-12-14-19(15-13-16)20(17-8-4-2-5-9-17)18-10-6-3-7-11-18;1-4-10-16(11-5-1)19(17-12-6-2-7-13-17)18-14-8-3-9-15-18;1-9(2)7-3-4-10(9,8(11)5-7)6-15(12,13)14;10-2-5(11)14-7-4-1-3-6(13-4)8(7)15-9(3)12;1-5(2,3)4/h2-15H,1H3;1-15H;7H,3-6H2,1-2H3,(H,12,13,14);3-4,6-8H,1-2H2;(H,2,3,4)/q2*+1;;;/p-2. The quantitative estimate of drug-likeness (QED) is 0.0547. The molecule has 0 N–H and O–H groups in total. The van der Waals surface area contributed by atoms with E-state index in [1.54, 1.807) is 0 Å². The van der Waals surface area contributed by atoms with E-state index in [1.165, 1.54) is 34.9 Å². The van der Waals surface area contributed by atoms with Crippen LogP contribution in [0.3, 0.4) is 0 Å². The van der Waals surface area contributed by atoms with Crippen molar-refractivity contribution in [2.75, 3.05) is 12.4 Å². The molecule has 12 nitrogen and oxygen atoms in total. The van der Waals surface area contributed by atoms with Crippen molar-refractivity contribution in [1.29, 1.82) is 0 Å². The summed E-state index contributed by atoms with van der Waals surface area (Å²) < 4.78 is 95.3. The van der Waals surface area contributed by atoms with Crippen LogP contribution in [0.4, 0.5) is 8.28 Å². The molecule has 74 heavy (non-hydrogen) atoms. The lowest BCUT2D eigenvalue weighted by Crippen LogP contribution is -2.42. The molecule has 6 aromatic carbocycles. The molecule has 7 atom stereocenters. The molecule has 11 rings (SSSR count). The lowest BCUT2D eigenvalue weighted by atomic mass is 9.70. The molecule has 5 aliphatic rings. The van der Waals surface area contributed by atoms with Gasteiger partial charge >= 0.3 is 11.9 Å². The summed E-state index contributed by atoms with van der Waals surface area (Å²) in [6.45, 7) is 4.80. The predicted molar refractivity (Wildman–Crippen MR) is 274 cm³/mol. The fraction of sp³-hybridized carbons (Fsp3) is 0.304. The number of esters is 2. The van der Waals surface area contributed by atoms with Crippen LogP contribution in [-0.4, -0.2) is 80.5 Å². The zero-order chi connectivity index (χ0) is 53.3. The molecule has 7 unspecified atom stereocenters. The van der Waals surface area contributed by atoms with Gasteiger partial charge in [0.05, 0.1) is 49.7 Å². The van der Waals surface area contributed by atoms with Gasteiger partial charge in [0.2, 0.25) is 0 Å². The van der Waals surface area contributed by atoms with Crippen LogP contribution in [0.1, 0.15) is 45.1 Å². The summed E-state index contributed by atoms with van der Waals surface area (Å²) in [4.78, 5) is 42.1. The number of carbonyl (C=O) groups is 3. The van der Waals surface area contributed by atoms with Gasteiger partial charge in [0, 0.05) is 11.8 Å². The first-order chi connectivity index (χ1) is 35.2. The van der Waals surface area contributed by atoms with E-state index in [2.05, 4.69) is 183 Å². The van der Waals surface area contributed by atoms with Crippen LogP contribution in [0.2, 0.25) is 0 Å². The van der Waals surface area contributed by atoms with Crippen molar-refractivity contribution in [1.82, 2.24) is 0 Å². The number of fused-ring (bicyclic) bond motifs is 3. The highest BCUT2D eigenvalue weighted by atomic mass is 32.3. The minimum absolute atomic E-state index is 0.0146. The van der Waals surface area contributed by atoms with Gasteiger partial charge in [0.25, 0.3) is 10.5 Å². The summed E-state index contributed by atoms with van der Waals surface area (Å²) in [5.41, 5.74) is 0.0817. The average Bonchev–Trinajstić information content (AvgIpc) is 4.12. The monoisotopic (exact) mass is 1090 g/mol. The van der Waals surface area contributed by atoms with Crippen molar-refractivity contribution < 1.29 is 62.8 Å². The Balaban J connectivity index is 0.000000141. The number of ketones is 1. The molecule has 6 aromatic rings. The molecule has 2 aliphatic carbocycles. The Hall–Kier alpha value is -5.73. The van der Waals surface area contributed by atoms with Crippen molar-refractivity contribution in [3.05, 3.63) is 181 Å². The summed E-state index contributed by atoms with van der Waals surface area (Å²) in [5.74, 6) is -1.74. The summed E-state index contributed by atoms with van der Waals surface area (Å²) in [6.07, 6.45) is 0.607. The summed E-state index contributed by atoms with van der Waals surface area (Å²) in [6, 6.07) is 62.5. The molecule has 5 fully saturated rings. The first-order valence-corrected chi connectivity index (χ1v) is 29.1. The van der Waals surface area contributed by atoms with Gasteiger partial charge in [-0.3, -0.25) is 9.59 Å². The molecule has 3 aliphatic heterocycles. The average molecular weight is 1090 g/mol. The van der Waals surface area contributed by atoms with E-state index in [-0.39, 0.29) is 63.0 Å². The highest BCUT2D eigenvalue weighted by Crippen LogP contribution is 2.64. The molecule has 0 amide bonds. The second-order valence-corrected chi connectivity index (χ2v) is 25.0. The van der Waals surface area contributed by atoms with Gasteiger partial charge in [0.15, 0.2) is 48.3 Å². The van der Waals surface area contributed by atoms with E-state index in [1.807, 2.05) is 13.8 Å². The largest absolute Gasteiger partial charge is 0.748 e. The molecule has 3 saturated heterocycles. The van der Waals surface area contributed by atoms with Crippen LogP contribution in [0, 0.1) is 29.6 Å². The van der Waals surface area contributed by atoms with Gasteiger partial charge in [-0.2, -0.15) is 0 Å². The third kappa shape index (κ3) is 13.8. The van der Waals surface area contributed by atoms with E-state index >= 15 is 0 Å². The highest BCUT2D eigenvalue weighted by Gasteiger charge is 2.66. The van der Waals surface area contributed by atoms with Gasteiger partial charge < -0.3 is 23.3 Å². The zero-order valence-corrected chi connectivity index (χ0v) is 44.0. The van der Waals surface area contributed by atoms with Crippen LogP contribution >= 0.6 is 0 Å². The fourth-order valence-electron chi connectivity index (χ4n) is 10.2. The molecule has 2 saturated carbocycles. The second-order valence-electron chi connectivity index (χ2n) is 18.7. The van der Waals surface area contributed by atoms with Gasteiger partial charge in [-0.05, 0) is 110 Å². The van der Waals surface area contributed by atoms with E-state index in [0.717, 1.165) is 6.42 Å². The van der Waals surface area contributed by atoms with E-state index in [9.17, 15) is 35.6 Å². The van der Waals surface area contributed by atoms with Crippen LogP contribution in [0.5, 0.6) is 0 Å². The van der Waals surface area contributed by atoms with Crippen LogP contribution in [0.15, 0.2) is 205 Å². The summed E-state index contributed by atoms with van der Waals surface area (Å²) >= 11 is 0. The SMILES string of the molecule is CC1(C)C2CCC1(CS(=O)(=O)[O-])C(=O)C2.Cc1ccc([S+](c2ccccc2)c2ccccc2)cc1.O=C(CF)OC1C2CC3C(=O)OC1C3O2.O=S(=O)([O-])F.c1ccc([S+](c2ccccc2)c2ccccc2)cc1. The van der Waals surface area contributed by atoms with Crippen LogP contribution in [0.25, 0.3) is 0 Å². The van der Waals surface area contributed by atoms with Crippen molar-refractivity contribution in [2.45, 2.75) is 100 Å². The Labute approximate surface area is 437 Å². The smallest absolute Gasteiger partial charge is 0.338 e. The molecule has 0 radical (unpaired) electrons. The predicted octanol–water partition coefficient (Wildman–Crippen LogP) is 9.80. The van der Waals surface area contributed by atoms with E-state index < -0.39 is 56.6 Å². The number of halogens is 2. The molecule has 3 heterocycles. The number of aryl methyl sites for hydroxylation is 1. The second kappa shape index (κ2) is 24.3. The maximum Gasteiger partial charge on any atom is 0.338 e. The molecule has 18 heteroatoms. The molecule has 4 bridgehead atoms. The normalized spacial score (nSPS) is 23.5. The van der Waals surface area contributed by atoms with Gasteiger partial charge in [0.1, 0.15) is 11.9 Å². The molecule has 0 aromatic heterocycles. The number of hydrogen-bond donors (Lipinski definition) is 0. The first-order valence-electron chi connectivity index (χ1n) is 23.7. The Morgan fingerprint density at radius 2 is 1.05 bits per heavy atom. The molecule has 390 valence electrons. The third-order valence-corrected chi connectivity index (χ3v) is 19.2. The Morgan fingerprint density at radius 1 is 0.662 bits per heavy atom. The van der Waals surface area contributed by atoms with Crippen molar-refractivity contribution >= 4 is 60.1 Å². The highest BCUT2D eigenvalue weighted by molar-refractivity contribution is 7.97. The topological polar surface area (TPSA) is 193 Å². The van der Waals surface area contributed by atoms with E-state index in [0.29, 0.717) is 19.3 Å². The Bertz CT molecular complexity index is 2910. The number of hydrogen-bond acceptors (Lipinski definition) is 12. The van der Waals surface area contributed by atoms with Crippen molar-refractivity contribution in [2.24, 2.45) is 22.7 Å². The fourth-order valence-corrected chi connectivity index (χ4v) is 15.7. The summed E-state index contributed by atoms with van der Waals surface area (Å²) in [7, 11) is -9.78. The number of carbonyl (C=O) groups excluding carboxylic acids is 3.